The lowest BCUT2D eigenvalue weighted by molar-refractivity contribution is -0.240. The molecule has 0 saturated carbocycles. The number of aromatic nitrogens is 1. The molecule has 33 heavy (non-hydrogen) atoms. The topological polar surface area (TPSA) is 53.7 Å². The molecule has 0 radical (unpaired) electrons. The van der Waals surface area contributed by atoms with E-state index in [0.717, 1.165) is 17.7 Å². The number of halogens is 3. The predicted octanol–water partition coefficient (Wildman–Crippen LogP) is 5.70. The van der Waals surface area contributed by atoms with E-state index in [4.69, 9.17) is 18.6 Å². The van der Waals surface area contributed by atoms with Crippen molar-refractivity contribution in [2.24, 2.45) is 11.8 Å². The van der Waals surface area contributed by atoms with E-state index in [0.29, 0.717) is 19.1 Å². The van der Waals surface area contributed by atoms with Crippen molar-refractivity contribution >= 4 is 0 Å². The van der Waals surface area contributed by atoms with Gasteiger partial charge in [-0.15, -0.1) is 0 Å². The summed E-state index contributed by atoms with van der Waals surface area (Å²) in [7, 11) is 1.57. The highest BCUT2D eigenvalue weighted by Gasteiger charge is 2.44. The molecule has 176 valence electrons. The molecule has 0 bridgehead atoms. The Hall–Kier alpha value is -2.68. The molecule has 1 aliphatic rings. The van der Waals surface area contributed by atoms with Crippen LogP contribution in [-0.4, -0.2) is 31.1 Å². The predicted molar refractivity (Wildman–Crippen MR) is 115 cm³/mol. The van der Waals surface area contributed by atoms with Gasteiger partial charge in [0.2, 0.25) is 0 Å². The van der Waals surface area contributed by atoms with Crippen molar-refractivity contribution < 1.29 is 31.8 Å². The van der Waals surface area contributed by atoms with E-state index < -0.39 is 23.7 Å². The van der Waals surface area contributed by atoms with E-state index in [2.05, 4.69) is 4.98 Å². The minimum atomic E-state index is -1.52. The van der Waals surface area contributed by atoms with Gasteiger partial charge in [0.25, 0.3) is 0 Å². The van der Waals surface area contributed by atoms with Gasteiger partial charge in [-0.05, 0) is 23.6 Å². The first-order valence-corrected chi connectivity index (χ1v) is 10.8. The van der Waals surface area contributed by atoms with E-state index >= 15 is 0 Å². The van der Waals surface area contributed by atoms with Crippen molar-refractivity contribution in [2.45, 2.75) is 38.8 Å². The molecular formula is C25H26F3NO4. The molecule has 0 N–H and O–H groups in total. The molecular weight excluding hydrogens is 435 g/mol. The molecule has 0 aliphatic carbocycles. The average molecular weight is 461 g/mol. The number of rotatable bonds is 7. The second-order valence-electron chi connectivity index (χ2n) is 8.35. The Kier molecular flexibility index (Phi) is 7.17. The van der Waals surface area contributed by atoms with Crippen molar-refractivity contribution in [2.75, 3.05) is 13.7 Å². The Bertz CT molecular complexity index is 1050. The lowest BCUT2D eigenvalue weighted by Crippen LogP contribution is -2.47. The summed E-state index contributed by atoms with van der Waals surface area (Å²) in [5.74, 6) is -4.03. The number of methoxy groups -OCH3 is 1. The van der Waals surface area contributed by atoms with Gasteiger partial charge in [0.1, 0.15) is 12.0 Å². The van der Waals surface area contributed by atoms with Gasteiger partial charge in [0.05, 0.1) is 19.3 Å². The summed E-state index contributed by atoms with van der Waals surface area (Å²) in [5.41, 5.74) is 1.38. The number of hydrogen-bond donors (Lipinski definition) is 0. The summed E-state index contributed by atoms with van der Waals surface area (Å²) in [5, 5.41) is 0. The molecule has 1 aliphatic heterocycles. The Balaban J connectivity index is 1.53. The highest BCUT2D eigenvalue weighted by molar-refractivity contribution is 5.58. The van der Waals surface area contributed by atoms with E-state index in [-0.39, 0.29) is 35.1 Å². The lowest BCUT2D eigenvalue weighted by Gasteiger charge is -2.42. The van der Waals surface area contributed by atoms with Gasteiger partial charge in [0, 0.05) is 24.5 Å². The van der Waals surface area contributed by atoms with Crippen LogP contribution in [0, 0.1) is 29.3 Å². The summed E-state index contributed by atoms with van der Waals surface area (Å²) >= 11 is 0. The van der Waals surface area contributed by atoms with Gasteiger partial charge < -0.3 is 18.6 Å². The zero-order valence-electron chi connectivity index (χ0n) is 18.6. The number of benzene rings is 2. The van der Waals surface area contributed by atoms with Gasteiger partial charge >= 0.3 is 0 Å². The zero-order chi connectivity index (χ0) is 23.5. The maximum absolute atomic E-state index is 13.7. The van der Waals surface area contributed by atoms with Gasteiger partial charge in [-0.25, -0.2) is 18.2 Å². The molecule has 5 nitrogen and oxygen atoms in total. The van der Waals surface area contributed by atoms with Crippen molar-refractivity contribution in [3.05, 3.63) is 77.6 Å². The summed E-state index contributed by atoms with van der Waals surface area (Å²) in [4.78, 5) is 4.47. The second-order valence-corrected chi connectivity index (χ2v) is 8.35. The van der Waals surface area contributed by atoms with Crippen LogP contribution in [0.5, 0.6) is 0 Å². The minimum absolute atomic E-state index is 0.0460. The molecule has 2 aromatic carbocycles. The van der Waals surface area contributed by atoms with E-state index in [1.165, 1.54) is 6.26 Å². The first-order valence-electron chi connectivity index (χ1n) is 10.8. The number of oxazole rings is 1. The maximum Gasteiger partial charge on any atom is 0.198 e. The minimum Gasteiger partial charge on any atom is -0.448 e. The van der Waals surface area contributed by atoms with Crippen LogP contribution in [0.15, 0.2) is 53.1 Å². The van der Waals surface area contributed by atoms with Gasteiger partial charge in [-0.1, -0.05) is 44.2 Å². The van der Waals surface area contributed by atoms with Gasteiger partial charge in [0.15, 0.2) is 29.6 Å². The first-order chi connectivity index (χ1) is 15.9. The standard InChI is InChI=1S/C25H26F3NO4/c1-14-21(13-31-11-16-7-5-4-6-8-16)33-25(30-3)15(2)22(14)24-29-20(12-32-24)17-9-18(26)23(28)19(27)10-17/h4-10,12,14-15,21-22,25H,11,13H2,1-3H3/t14-,15?,21?,22-,25-/m0/s1. The molecule has 1 aromatic heterocycles. The highest BCUT2D eigenvalue weighted by atomic mass is 19.2. The van der Waals surface area contributed by atoms with Gasteiger partial charge in [-0.2, -0.15) is 0 Å². The zero-order valence-corrected chi connectivity index (χ0v) is 18.6. The summed E-state index contributed by atoms with van der Waals surface area (Å²) in [6.07, 6.45) is 0.530. The quantitative estimate of drug-likeness (QED) is 0.423. The molecule has 1 saturated heterocycles. The fraction of sp³-hybridized carbons (Fsp3) is 0.400. The van der Waals surface area contributed by atoms with Gasteiger partial charge in [-0.3, -0.25) is 0 Å². The molecule has 5 atom stereocenters. The van der Waals surface area contributed by atoms with E-state index in [1.54, 1.807) is 7.11 Å². The fourth-order valence-electron chi connectivity index (χ4n) is 4.35. The number of ether oxygens (including phenoxy) is 3. The summed E-state index contributed by atoms with van der Waals surface area (Å²) in [6.45, 7) is 4.79. The molecule has 2 unspecified atom stereocenters. The second kappa shape index (κ2) is 10.1. The largest absolute Gasteiger partial charge is 0.448 e. The third-order valence-corrected chi connectivity index (χ3v) is 6.17. The third kappa shape index (κ3) is 4.98. The number of hydrogen-bond acceptors (Lipinski definition) is 5. The molecule has 8 heteroatoms. The van der Waals surface area contributed by atoms with E-state index in [1.807, 2.05) is 44.2 Å². The van der Waals surface area contributed by atoms with Crippen LogP contribution >= 0.6 is 0 Å². The smallest absolute Gasteiger partial charge is 0.198 e. The van der Waals surface area contributed by atoms with Crippen LogP contribution in [0.2, 0.25) is 0 Å². The molecule has 2 heterocycles. The molecule has 0 spiro atoms. The fourth-order valence-corrected chi connectivity index (χ4v) is 4.35. The molecule has 0 amide bonds. The molecule has 4 rings (SSSR count). The first kappa shape index (κ1) is 23.5. The van der Waals surface area contributed by atoms with Crippen molar-refractivity contribution in [3.63, 3.8) is 0 Å². The van der Waals surface area contributed by atoms with Crippen LogP contribution in [0.3, 0.4) is 0 Å². The van der Waals surface area contributed by atoms with Crippen molar-refractivity contribution in [3.8, 4) is 11.3 Å². The highest BCUT2D eigenvalue weighted by Crippen LogP contribution is 2.43. The Labute approximate surface area is 190 Å². The monoisotopic (exact) mass is 461 g/mol. The van der Waals surface area contributed by atoms with Crippen molar-refractivity contribution in [1.29, 1.82) is 0 Å². The van der Waals surface area contributed by atoms with E-state index in [9.17, 15) is 13.2 Å². The number of nitrogens with zero attached hydrogens (tertiary/aromatic N) is 1. The van der Waals surface area contributed by atoms with Crippen LogP contribution in [0.25, 0.3) is 11.3 Å². The van der Waals surface area contributed by atoms with Crippen LogP contribution < -0.4 is 0 Å². The van der Waals surface area contributed by atoms with Crippen LogP contribution in [-0.2, 0) is 20.8 Å². The van der Waals surface area contributed by atoms with Crippen LogP contribution in [0.4, 0.5) is 13.2 Å². The summed E-state index contributed by atoms with van der Waals surface area (Å²) < 4.78 is 64.0. The van der Waals surface area contributed by atoms with Crippen LogP contribution in [0.1, 0.15) is 31.2 Å². The Morgan fingerprint density at radius 3 is 2.36 bits per heavy atom. The van der Waals surface area contributed by atoms with Crippen molar-refractivity contribution in [1.82, 2.24) is 4.98 Å². The molecule has 3 aromatic rings. The SMILES string of the molecule is CO[C@H]1OC(COCc2ccccc2)[C@H](C)[C@H](c2nc(-c3cc(F)c(F)c(F)c3)co2)C1C. The summed E-state index contributed by atoms with van der Waals surface area (Å²) in [6, 6.07) is 11.6. The Morgan fingerprint density at radius 2 is 1.70 bits per heavy atom. The normalized spacial score (nSPS) is 25.3. The molecule has 1 fully saturated rings. The maximum atomic E-state index is 13.7. The average Bonchev–Trinajstić information content (AvgIpc) is 3.29. The Morgan fingerprint density at radius 1 is 1.00 bits per heavy atom. The lowest BCUT2D eigenvalue weighted by atomic mass is 9.77. The third-order valence-electron chi connectivity index (χ3n) is 6.17.